The molecule has 1 aliphatic heterocycles. The highest BCUT2D eigenvalue weighted by Gasteiger charge is 2.53. The first-order valence-corrected chi connectivity index (χ1v) is 10.4. The van der Waals surface area contributed by atoms with Gasteiger partial charge in [0.1, 0.15) is 11.2 Å². The van der Waals surface area contributed by atoms with Crippen molar-refractivity contribution in [2.75, 3.05) is 31.6 Å². The van der Waals surface area contributed by atoms with Crippen LogP contribution in [0.2, 0.25) is 0 Å². The summed E-state index contributed by atoms with van der Waals surface area (Å²) in [7, 11) is 1.45. The van der Waals surface area contributed by atoms with E-state index in [-0.39, 0.29) is 22.7 Å². The third-order valence-electron chi connectivity index (χ3n) is 6.71. The van der Waals surface area contributed by atoms with Gasteiger partial charge in [-0.25, -0.2) is 9.18 Å². The van der Waals surface area contributed by atoms with Crippen molar-refractivity contribution in [3.8, 4) is 11.8 Å². The molecule has 1 aromatic carbocycles. The van der Waals surface area contributed by atoms with Crippen LogP contribution in [0.4, 0.5) is 10.1 Å². The highest BCUT2D eigenvalue weighted by molar-refractivity contribution is 5.91. The summed E-state index contributed by atoms with van der Waals surface area (Å²) < 4.78 is 22.3. The Kier molecular flexibility index (Phi) is 4.36. The SMILES string of the molecule is COc1c(N2CC(C3(NCCC#N)CC3)C2)c(F)cc2c(=O)[nH]c(=O)n(C3CC3)c12. The molecule has 0 amide bonds. The van der Waals surface area contributed by atoms with Crippen LogP contribution < -0.4 is 26.2 Å². The molecular weight excluding hydrogens is 389 g/mol. The van der Waals surface area contributed by atoms with Gasteiger partial charge >= 0.3 is 5.69 Å². The molecule has 5 rings (SSSR count). The lowest BCUT2D eigenvalue weighted by Crippen LogP contribution is -2.57. The van der Waals surface area contributed by atoms with Crippen molar-refractivity contribution >= 4 is 16.6 Å². The Bertz CT molecular complexity index is 1170. The predicted octanol–water partition coefficient (Wildman–Crippen LogP) is 1.64. The maximum Gasteiger partial charge on any atom is 0.329 e. The molecule has 0 spiro atoms. The summed E-state index contributed by atoms with van der Waals surface area (Å²) in [5.41, 5.74) is -0.349. The maximum atomic E-state index is 15.1. The Hall–Kier alpha value is -2.86. The number of benzene rings is 1. The highest BCUT2D eigenvalue weighted by atomic mass is 19.1. The molecule has 2 aromatic rings. The van der Waals surface area contributed by atoms with E-state index in [9.17, 15) is 9.59 Å². The van der Waals surface area contributed by atoms with Crippen LogP contribution in [0, 0.1) is 23.1 Å². The third kappa shape index (κ3) is 2.89. The summed E-state index contributed by atoms with van der Waals surface area (Å²) in [6, 6.07) is 3.38. The number of hydrogen-bond donors (Lipinski definition) is 2. The lowest BCUT2D eigenvalue weighted by Gasteiger charge is -2.46. The molecule has 2 saturated carbocycles. The quantitative estimate of drug-likeness (QED) is 0.669. The number of methoxy groups -OCH3 is 1. The summed E-state index contributed by atoms with van der Waals surface area (Å²) in [5.74, 6) is 0.0909. The number of halogens is 1. The van der Waals surface area contributed by atoms with Gasteiger partial charge in [-0.15, -0.1) is 0 Å². The van der Waals surface area contributed by atoms with Crippen LogP contribution in [0.25, 0.3) is 10.9 Å². The van der Waals surface area contributed by atoms with E-state index in [0.717, 1.165) is 25.7 Å². The molecule has 1 aromatic heterocycles. The monoisotopic (exact) mass is 413 g/mol. The first-order chi connectivity index (χ1) is 14.5. The lowest BCUT2D eigenvalue weighted by molar-refractivity contribution is 0.273. The van der Waals surface area contributed by atoms with E-state index in [2.05, 4.69) is 16.4 Å². The van der Waals surface area contributed by atoms with Crippen LogP contribution >= 0.6 is 0 Å². The summed E-state index contributed by atoms with van der Waals surface area (Å²) in [6.07, 6.45) is 4.29. The van der Waals surface area contributed by atoms with Crippen molar-refractivity contribution in [1.29, 1.82) is 5.26 Å². The van der Waals surface area contributed by atoms with Crippen LogP contribution in [-0.2, 0) is 0 Å². The van der Waals surface area contributed by atoms with Crippen LogP contribution in [-0.4, -0.2) is 41.8 Å². The van der Waals surface area contributed by atoms with E-state index >= 15 is 4.39 Å². The van der Waals surface area contributed by atoms with E-state index < -0.39 is 17.1 Å². The Labute approximate surface area is 172 Å². The van der Waals surface area contributed by atoms with Gasteiger partial charge in [-0.05, 0) is 31.7 Å². The van der Waals surface area contributed by atoms with Crippen LogP contribution in [0.15, 0.2) is 15.7 Å². The summed E-state index contributed by atoms with van der Waals surface area (Å²) in [5, 5.41) is 12.4. The molecule has 2 N–H and O–H groups in total. The minimum Gasteiger partial charge on any atom is -0.492 e. The second-order valence-electron chi connectivity index (χ2n) is 8.59. The number of H-pyrrole nitrogens is 1. The fourth-order valence-corrected chi connectivity index (χ4v) is 4.76. The molecule has 8 nitrogen and oxygen atoms in total. The van der Waals surface area contributed by atoms with Crippen molar-refractivity contribution in [3.63, 3.8) is 0 Å². The van der Waals surface area contributed by atoms with Gasteiger partial charge in [0.2, 0.25) is 0 Å². The Balaban J connectivity index is 1.51. The zero-order valence-electron chi connectivity index (χ0n) is 16.8. The molecule has 1 saturated heterocycles. The standard InChI is InChI=1S/C21H24FN5O3/c1-30-18-16-14(19(28)25-20(29)27(16)13-3-4-13)9-15(22)17(18)26-10-12(11-26)21(5-6-21)24-8-2-7-23/h9,12-13,24H,2-6,8,10-11H2,1H3,(H,25,28,29). The second kappa shape index (κ2) is 6.84. The third-order valence-corrected chi connectivity index (χ3v) is 6.71. The number of anilines is 1. The number of nitriles is 1. The van der Waals surface area contributed by atoms with Gasteiger partial charge in [0.05, 0.1) is 18.6 Å². The second-order valence-corrected chi connectivity index (χ2v) is 8.59. The van der Waals surface area contributed by atoms with E-state index in [1.54, 1.807) is 4.57 Å². The number of nitrogens with zero attached hydrogens (tertiary/aromatic N) is 3. The minimum absolute atomic E-state index is 0.00673. The number of rotatable bonds is 7. The topological polar surface area (TPSA) is 103 Å². The fourth-order valence-electron chi connectivity index (χ4n) is 4.76. The van der Waals surface area contributed by atoms with E-state index in [0.29, 0.717) is 43.2 Å². The molecule has 0 radical (unpaired) electrons. The van der Waals surface area contributed by atoms with E-state index in [1.165, 1.54) is 13.2 Å². The first kappa shape index (κ1) is 19.1. The van der Waals surface area contributed by atoms with Gasteiger partial charge in [-0.1, -0.05) is 0 Å². The fraction of sp³-hybridized carbons (Fsp3) is 0.571. The van der Waals surface area contributed by atoms with Crippen LogP contribution in [0.1, 0.15) is 38.1 Å². The smallest absolute Gasteiger partial charge is 0.329 e. The van der Waals surface area contributed by atoms with Crippen molar-refractivity contribution in [1.82, 2.24) is 14.9 Å². The van der Waals surface area contributed by atoms with E-state index in [4.69, 9.17) is 10.00 Å². The van der Waals surface area contributed by atoms with Gasteiger partial charge in [-0.2, -0.15) is 5.26 Å². The molecule has 9 heteroatoms. The molecule has 0 atom stereocenters. The number of hydrogen-bond acceptors (Lipinski definition) is 6. The van der Waals surface area contributed by atoms with Crippen LogP contribution in [0.5, 0.6) is 5.75 Å². The van der Waals surface area contributed by atoms with Gasteiger partial charge in [0, 0.05) is 43.6 Å². The molecule has 0 bridgehead atoms. The van der Waals surface area contributed by atoms with Crippen molar-refractivity contribution < 1.29 is 9.13 Å². The largest absolute Gasteiger partial charge is 0.492 e. The zero-order chi connectivity index (χ0) is 21.0. The zero-order valence-corrected chi connectivity index (χ0v) is 16.8. The normalized spacial score (nSPS) is 20.1. The Morgan fingerprint density at radius 2 is 2.10 bits per heavy atom. The van der Waals surface area contributed by atoms with Gasteiger partial charge in [0.25, 0.3) is 5.56 Å². The average molecular weight is 413 g/mol. The molecule has 0 unspecified atom stereocenters. The van der Waals surface area contributed by atoms with Gasteiger partial charge in [-0.3, -0.25) is 14.3 Å². The van der Waals surface area contributed by atoms with Gasteiger partial charge < -0.3 is 15.0 Å². The summed E-state index contributed by atoms with van der Waals surface area (Å²) in [6.45, 7) is 1.99. The van der Waals surface area contributed by atoms with Crippen molar-refractivity contribution in [3.05, 3.63) is 32.7 Å². The molecule has 30 heavy (non-hydrogen) atoms. The molecule has 3 aliphatic rings. The number of aromatic nitrogens is 2. The highest BCUT2D eigenvalue weighted by Crippen LogP contribution is 2.50. The molecule has 2 heterocycles. The molecule has 158 valence electrons. The first-order valence-electron chi connectivity index (χ1n) is 10.4. The van der Waals surface area contributed by atoms with Gasteiger partial charge in [0.15, 0.2) is 11.6 Å². The molecule has 2 aliphatic carbocycles. The number of aromatic amines is 1. The number of nitrogens with one attached hydrogen (secondary N) is 2. The summed E-state index contributed by atoms with van der Waals surface area (Å²) >= 11 is 0. The van der Waals surface area contributed by atoms with E-state index in [1.807, 2.05) is 4.90 Å². The van der Waals surface area contributed by atoms with Crippen molar-refractivity contribution in [2.45, 2.75) is 43.7 Å². The lowest BCUT2D eigenvalue weighted by atomic mass is 9.88. The number of ether oxygens (including phenoxy) is 1. The summed E-state index contributed by atoms with van der Waals surface area (Å²) in [4.78, 5) is 29.1. The molecule has 3 fully saturated rings. The number of fused-ring (bicyclic) bond motifs is 1. The van der Waals surface area contributed by atoms with Crippen LogP contribution in [0.3, 0.4) is 0 Å². The minimum atomic E-state index is -0.601. The maximum absolute atomic E-state index is 15.1. The predicted molar refractivity (Wildman–Crippen MR) is 110 cm³/mol. The average Bonchev–Trinajstić information content (AvgIpc) is 3.58. The Morgan fingerprint density at radius 3 is 2.70 bits per heavy atom. The van der Waals surface area contributed by atoms with Crippen molar-refractivity contribution in [2.24, 2.45) is 5.92 Å². The Morgan fingerprint density at radius 1 is 1.37 bits per heavy atom. The molecular formula is C21H24FN5O3.